The zero-order chi connectivity index (χ0) is 15.4. The Hall–Kier alpha value is -1.87. The number of fused-ring (bicyclic) bond motifs is 1. The van der Waals surface area contributed by atoms with Crippen LogP contribution < -0.4 is 9.47 Å². The second-order valence-electron chi connectivity index (χ2n) is 6.77. The van der Waals surface area contributed by atoms with Crippen molar-refractivity contribution in [2.24, 2.45) is 7.05 Å². The number of thiazole rings is 1. The molecule has 23 heavy (non-hydrogen) atoms. The summed E-state index contributed by atoms with van der Waals surface area (Å²) in [6.45, 7) is 2.49. The van der Waals surface area contributed by atoms with Crippen molar-refractivity contribution in [1.29, 1.82) is 0 Å². The minimum atomic E-state index is 1.24. The molecule has 0 amide bonds. The zero-order valence-electron chi connectivity index (χ0n) is 13.5. The van der Waals surface area contributed by atoms with Crippen LogP contribution in [0, 0.1) is 0 Å². The summed E-state index contributed by atoms with van der Waals surface area (Å²) in [6.07, 6.45) is 5.07. The van der Waals surface area contributed by atoms with Gasteiger partial charge >= 0.3 is 0 Å². The molecule has 3 heteroatoms. The third kappa shape index (κ3) is 2.03. The number of hydrogen-bond donors (Lipinski definition) is 0. The number of aryl methyl sites for hydroxylation is 3. The first-order valence-corrected chi connectivity index (χ1v) is 9.41. The van der Waals surface area contributed by atoms with Crippen LogP contribution in [-0.4, -0.2) is 13.1 Å². The van der Waals surface area contributed by atoms with Gasteiger partial charge in [0.2, 0.25) is 5.52 Å². The molecule has 3 aromatic rings. The zero-order valence-corrected chi connectivity index (χ0v) is 14.3. The summed E-state index contributed by atoms with van der Waals surface area (Å²) in [7, 11) is 2.20. The Morgan fingerprint density at radius 2 is 1.70 bits per heavy atom. The molecule has 0 saturated carbocycles. The molecule has 2 aliphatic rings. The maximum atomic E-state index is 2.62. The monoisotopic (exact) mass is 321 g/mol. The normalized spacial score (nSPS) is 16.7. The molecule has 0 spiro atoms. The lowest BCUT2D eigenvalue weighted by Gasteiger charge is -2.37. The van der Waals surface area contributed by atoms with Crippen molar-refractivity contribution in [3.05, 3.63) is 47.5 Å². The minimum Gasteiger partial charge on any atom is -0.371 e. The van der Waals surface area contributed by atoms with Crippen LogP contribution in [0.1, 0.15) is 24.0 Å². The van der Waals surface area contributed by atoms with Gasteiger partial charge in [0.05, 0.1) is 5.56 Å². The van der Waals surface area contributed by atoms with Gasteiger partial charge in [0.15, 0.2) is 0 Å². The Bertz CT molecular complexity index is 878. The van der Waals surface area contributed by atoms with Gasteiger partial charge in [0, 0.05) is 24.8 Å². The van der Waals surface area contributed by atoms with Crippen molar-refractivity contribution in [3.8, 4) is 10.6 Å². The van der Waals surface area contributed by atoms with Crippen LogP contribution in [0.2, 0.25) is 0 Å². The van der Waals surface area contributed by atoms with E-state index >= 15 is 0 Å². The van der Waals surface area contributed by atoms with Gasteiger partial charge in [-0.1, -0.05) is 23.5 Å². The highest BCUT2D eigenvalue weighted by atomic mass is 32.1. The Kier molecular flexibility index (Phi) is 2.99. The topological polar surface area (TPSA) is 7.12 Å². The number of rotatable bonds is 1. The van der Waals surface area contributed by atoms with E-state index in [4.69, 9.17) is 0 Å². The first kappa shape index (κ1) is 13.6. The van der Waals surface area contributed by atoms with Crippen LogP contribution in [-0.2, 0) is 19.9 Å². The van der Waals surface area contributed by atoms with Gasteiger partial charge in [0.25, 0.3) is 5.01 Å². The van der Waals surface area contributed by atoms with Crippen LogP contribution in [0.3, 0.4) is 0 Å². The number of benzene rings is 2. The molecule has 0 fully saturated rings. The van der Waals surface area contributed by atoms with Crippen molar-refractivity contribution in [2.45, 2.75) is 25.7 Å². The molecule has 0 radical (unpaired) electrons. The number of nitrogens with zero attached hydrogens (tertiary/aromatic N) is 2. The molecule has 5 rings (SSSR count). The molecule has 0 aliphatic carbocycles. The fraction of sp³-hybridized carbons (Fsp3) is 0.350. The highest BCUT2D eigenvalue weighted by molar-refractivity contribution is 7.21. The van der Waals surface area contributed by atoms with Crippen molar-refractivity contribution in [3.63, 3.8) is 0 Å². The van der Waals surface area contributed by atoms with E-state index in [-0.39, 0.29) is 0 Å². The number of anilines is 1. The lowest BCUT2D eigenvalue weighted by atomic mass is 9.90. The lowest BCUT2D eigenvalue weighted by molar-refractivity contribution is -0.629. The molecule has 2 aromatic carbocycles. The van der Waals surface area contributed by atoms with Gasteiger partial charge in [0.1, 0.15) is 11.7 Å². The Labute approximate surface area is 141 Å². The van der Waals surface area contributed by atoms with Gasteiger partial charge in [-0.25, -0.2) is 0 Å². The Morgan fingerprint density at radius 3 is 2.39 bits per heavy atom. The molecule has 2 nitrogen and oxygen atoms in total. The van der Waals surface area contributed by atoms with E-state index in [0.717, 1.165) is 0 Å². The molecule has 3 heterocycles. The standard InChI is InChI=1S/C20H21N2S/c1-21-17-8-2-3-9-18(17)23-20(21)16-12-14-6-4-10-22-11-5-7-15(13-16)19(14)22/h2-3,8-9,12-13H,4-7,10-11H2,1H3/q+1. The first-order chi connectivity index (χ1) is 11.3. The summed E-state index contributed by atoms with van der Waals surface area (Å²) in [5.41, 5.74) is 7.45. The maximum Gasteiger partial charge on any atom is 0.269 e. The number of hydrogen-bond acceptors (Lipinski definition) is 2. The van der Waals surface area contributed by atoms with E-state index in [9.17, 15) is 0 Å². The molecule has 0 atom stereocenters. The molecule has 116 valence electrons. The lowest BCUT2D eigenvalue weighted by Crippen LogP contribution is -2.34. The van der Waals surface area contributed by atoms with Gasteiger partial charge < -0.3 is 4.90 Å². The summed E-state index contributed by atoms with van der Waals surface area (Å²) in [6, 6.07) is 13.6. The molecular weight excluding hydrogens is 300 g/mol. The van der Waals surface area contributed by atoms with Gasteiger partial charge in [-0.3, -0.25) is 0 Å². The van der Waals surface area contributed by atoms with Crippen LogP contribution in [0.5, 0.6) is 0 Å². The van der Waals surface area contributed by atoms with Gasteiger partial charge in [-0.2, -0.15) is 4.57 Å². The van der Waals surface area contributed by atoms with Crippen LogP contribution in [0.4, 0.5) is 5.69 Å². The summed E-state index contributed by atoms with van der Waals surface area (Å²) in [4.78, 5) is 2.62. The highest BCUT2D eigenvalue weighted by Gasteiger charge is 2.27. The Balaban J connectivity index is 1.73. The van der Waals surface area contributed by atoms with E-state index < -0.39 is 0 Å². The maximum absolute atomic E-state index is 2.62. The molecule has 2 aliphatic heterocycles. The molecule has 0 N–H and O–H groups in total. The second-order valence-corrected chi connectivity index (χ2v) is 7.80. The molecule has 0 unspecified atom stereocenters. The van der Waals surface area contributed by atoms with E-state index in [1.165, 1.54) is 59.6 Å². The predicted octanol–water partition coefficient (Wildman–Crippen LogP) is 4.09. The second kappa shape index (κ2) is 5.07. The average Bonchev–Trinajstić information content (AvgIpc) is 2.93. The third-order valence-electron chi connectivity index (χ3n) is 5.32. The highest BCUT2D eigenvalue weighted by Crippen LogP contribution is 2.39. The van der Waals surface area contributed by atoms with Crippen LogP contribution in [0.25, 0.3) is 20.8 Å². The summed E-state index contributed by atoms with van der Waals surface area (Å²) < 4.78 is 3.73. The molecule has 0 bridgehead atoms. The summed E-state index contributed by atoms with van der Waals surface area (Å²) in [5, 5.41) is 1.38. The third-order valence-corrected chi connectivity index (χ3v) is 6.59. The predicted molar refractivity (Wildman–Crippen MR) is 97.3 cm³/mol. The molecular formula is C20H21N2S+. The Morgan fingerprint density at radius 1 is 1.00 bits per heavy atom. The van der Waals surface area contributed by atoms with Crippen molar-refractivity contribution in [1.82, 2.24) is 0 Å². The van der Waals surface area contributed by atoms with E-state index in [2.05, 4.69) is 52.9 Å². The first-order valence-electron chi connectivity index (χ1n) is 8.60. The largest absolute Gasteiger partial charge is 0.371 e. The van der Waals surface area contributed by atoms with Gasteiger partial charge in [-0.15, -0.1) is 0 Å². The van der Waals surface area contributed by atoms with E-state index in [1.54, 1.807) is 16.8 Å². The molecule has 0 saturated heterocycles. The van der Waals surface area contributed by atoms with Crippen LogP contribution in [0.15, 0.2) is 36.4 Å². The van der Waals surface area contributed by atoms with Crippen molar-refractivity contribution < 1.29 is 4.57 Å². The fourth-order valence-electron chi connectivity index (χ4n) is 4.28. The smallest absolute Gasteiger partial charge is 0.269 e. The SMILES string of the molecule is C[n+]1c(-c2cc3c4c(c2)CCCN4CCC3)sc2ccccc21. The minimum absolute atomic E-state index is 1.24. The summed E-state index contributed by atoms with van der Waals surface area (Å²) >= 11 is 1.92. The molecule has 1 aromatic heterocycles. The van der Waals surface area contributed by atoms with Crippen molar-refractivity contribution in [2.75, 3.05) is 18.0 Å². The number of para-hydroxylation sites is 1. The fourth-order valence-corrected chi connectivity index (χ4v) is 5.42. The van der Waals surface area contributed by atoms with Crippen molar-refractivity contribution >= 4 is 27.2 Å². The number of aromatic nitrogens is 1. The van der Waals surface area contributed by atoms with Crippen LogP contribution >= 0.6 is 11.3 Å². The van der Waals surface area contributed by atoms with E-state index in [1.807, 2.05) is 11.3 Å². The quantitative estimate of drug-likeness (QED) is 0.612. The summed E-state index contributed by atoms with van der Waals surface area (Å²) in [5.74, 6) is 0. The van der Waals surface area contributed by atoms with Gasteiger partial charge in [-0.05, 0) is 55.0 Å². The average molecular weight is 321 g/mol. The van der Waals surface area contributed by atoms with E-state index in [0.29, 0.717) is 0 Å².